The summed E-state index contributed by atoms with van der Waals surface area (Å²) in [6.45, 7) is 6.42. The van der Waals surface area contributed by atoms with Crippen LogP contribution in [-0.2, 0) is 4.79 Å². The highest BCUT2D eigenvalue weighted by atomic mass is 16.5. The van der Waals surface area contributed by atoms with Crippen molar-refractivity contribution >= 4 is 23.2 Å². The van der Waals surface area contributed by atoms with Gasteiger partial charge in [0.15, 0.2) is 0 Å². The van der Waals surface area contributed by atoms with Crippen molar-refractivity contribution in [3.8, 4) is 5.75 Å². The smallest absolute Gasteiger partial charge is 0.255 e. The van der Waals surface area contributed by atoms with Crippen molar-refractivity contribution in [3.05, 3.63) is 54.1 Å². The summed E-state index contributed by atoms with van der Waals surface area (Å²) in [5.74, 6) is 0.366. The van der Waals surface area contributed by atoms with Crippen molar-refractivity contribution < 1.29 is 14.3 Å². The van der Waals surface area contributed by atoms with Crippen LogP contribution in [0.15, 0.2) is 48.5 Å². The van der Waals surface area contributed by atoms with E-state index in [9.17, 15) is 9.59 Å². The molecule has 0 saturated carbocycles. The monoisotopic (exact) mass is 354 g/mol. The summed E-state index contributed by atoms with van der Waals surface area (Å²) in [7, 11) is 0. The van der Waals surface area contributed by atoms with E-state index >= 15 is 0 Å². The van der Waals surface area contributed by atoms with Crippen LogP contribution >= 0.6 is 0 Å². The van der Waals surface area contributed by atoms with Crippen molar-refractivity contribution in [1.82, 2.24) is 0 Å². The maximum absolute atomic E-state index is 12.4. The van der Waals surface area contributed by atoms with Crippen molar-refractivity contribution in [2.75, 3.05) is 17.2 Å². The first-order valence-corrected chi connectivity index (χ1v) is 8.94. The fraction of sp³-hybridized carbons (Fsp3) is 0.333. The fourth-order valence-corrected chi connectivity index (χ4v) is 2.19. The predicted octanol–water partition coefficient (Wildman–Crippen LogP) is 4.71. The minimum Gasteiger partial charge on any atom is -0.494 e. The molecule has 2 rings (SSSR count). The van der Waals surface area contributed by atoms with E-state index in [0.29, 0.717) is 29.3 Å². The van der Waals surface area contributed by atoms with Crippen molar-refractivity contribution in [3.63, 3.8) is 0 Å². The van der Waals surface area contributed by atoms with Gasteiger partial charge in [-0.3, -0.25) is 9.59 Å². The normalized spacial score (nSPS) is 10.5. The van der Waals surface area contributed by atoms with Crippen molar-refractivity contribution in [1.29, 1.82) is 0 Å². The minimum absolute atomic E-state index is 0.0401. The van der Waals surface area contributed by atoms with Gasteiger partial charge in [-0.25, -0.2) is 0 Å². The predicted molar refractivity (Wildman–Crippen MR) is 105 cm³/mol. The van der Waals surface area contributed by atoms with Crippen LogP contribution in [0, 0.1) is 5.92 Å². The Kier molecular flexibility index (Phi) is 7.21. The lowest BCUT2D eigenvalue weighted by molar-refractivity contribution is -0.118. The van der Waals surface area contributed by atoms with E-state index in [1.165, 1.54) is 0 Å². The molecule has 0 spiro atoms. The minimum atomic E-state index is -0.204. The highest BCUT2D eigenvalue weighted by Crippen LogP contribution is 2.18. The lowest BCUT2D eigenvalue weighted by atomic mass is 10.2. The molecule has 0 aromatic heterocycles. The third-order valence-electron chi connectivity index (χ3n) is 3.80. The van der Waals surface area contributed by atoms with Gasteiger partial charge in [-0.05, 0) is 48.9 Å². The van der Waals surface area contributed by atoms with Crippen LogP contribution in [0.3, 0.4) is 0 Å². The largest absolute Gasteiger partial charge is 0.494 e. The fourth-order valence-electron chi connectivity index (χ4n) is 2.19. The molecule has 5 heteroatoms. The van der Waals surface area contributed by atoms with E-state index in [4.69, 9.17) is 4.74 Å². The summed E-state index contributed by atoms with van der Waals surface area (Å²) in [6, 6.07) is 14.2. The summed E-state index contributed by atoms with van der Waals surface area (Å²) >= 11 is 0. The number of carbonyl (C=O) groups excluding carboxylic acids is 2. The Balaban J connectivity index is 1.97. The van der Waals surface area contributed by atoms with Crippen molar-refractivity contribution in [2.45, 2.75) is 33.6 Å². The quantitative estimate of drug-likeness (QED) is 0.675. The van der Waals surface area contributed by atoms with Crippen LogP contribution in [0.4, 0.5) is 11.4 Å². The first-order chi connectivity index (χ1) is 12.5. The molecule has 0 saturated heterocycles. The molecular weight excluding hydrogens is 328 g/mol. The molecule has 5 nitrogen and oxygen atoms in total. The van der Waals surface area contributed by atoms with Gasteiger partial charge in [-0.1, -0.05) is 33.3 Å². The molecule has 2 aromatic rings. The van der Waals surface area contributed by atoms with E-state index in [-0.39, 0.29) is 17.7 Å². The van der Waals surface area contributed by atoms with Crippen LogP contribution in [0.2, 0.25) is 0 Å². The number of hydrogen-bond donors (Lipinski definition) is 2. The maximum atomic E-state index is 12.4. The van der Waals surface area contributed by atoms with Gasteiger partial charge in [-0.15, -0.1) is 0 Å². The summed E-state index contributed by atoms with van der Waals surface area (Å²) in [6.07, 6.45) is 2.05. The standard InChI is InChI=1S/C21H26N2O3/c1-4-5-13-26-19-8-6-7-16(14-19)21(25)23-18-11-9-17(10-12-18)22-20(24)15(2)3/h6-12,14-15H,4-5,13H2,1-3H3,(H,22,24)(H,23,25). The Morgan fingerprint density at radius 1 is 1.00 bits per heavy atom. The zero-order valence-corrected chi connectivity index (χ0v) is 15.5. The number of anilines is 2. The topological polar surface area (TPSA) is 67.4 Å². The SMILES string of the molecule is CCCCOc1cccc(C(=O)Nc2ccc(NC(=O)C(C)C)cc2)c1. The molecule has 2 amide bonds. The van der Waals surface area contributed by atoms with E-state index in [2.05, 4.69) is 17.6 Å². The molecule has 0 heterocycles. The number of ether oxygens (including phenoxy) is 1. The van der Waals surface area contributed by atoms with Gasteiger partial charge in [0.1, 0.15) is 5.75 Å². The number of rotatable bonds is 8. The van der Waals surface area contributed by atoms with Gasteiger partial charge >= 0.3 is 0 Å². The Morgan fingerprint density at radius 3 is 2.27 bits per heavy atom. The number of unbranched alkanes of at least 4 members (excludes halogenated alkanes) is 1. The van der Waals surface area contributed by atoms with Crippen molar-refractivity contribution in [2.24, 2.45) is 5.92 Å². The number of nitrogens with one attached hydrogen (secondary N) is 2. The Bertz CT molecular complexity index is 739. The lowest BCUT2D eigenvalue weighted by Crippen LogP contribution is -2.17. The molecule has 2 N–H and O–H groups in total. The van der Waals surface area contributed by atoms with E-state index in [1.54, 1.807) is 42.5 Å². The first kappa shape index (κ1) is 19.5. The van der Waals surface area contributed by atoms with Gasteiger partial charge in [0.25, 0.3) is 5.91 Å². The summed E-state index contributed by atoms with van der Waals surface area (Å²) in [5, 5.41) is 5.67. The van der Waals surface area contributed by atoms with Crippen LogP contribution in [0.25, 0.3) is 0 Å². The van der Waals surface area contributed by atoms with E-state index in [1.807, 2.05) is 19.9 Å². The molecule has 138 valence electrons. The molecular formula is C21H26N2O3. The van der Waals surface area contributed by atoms with Gasteiger partial charge in [-0.2, -0.15) is 0 Å². The molecule has 0 radical (unpaired) electrons. The number of benzene rings is 2. The third kappa shape index (κ3) is 5.92. The van der Waals surface area contributed by atoms with Crippen LogP contribution < -0.4 is 15.4 Å². The summed E-state index contributed by atoms with van der Waals surface area (Å²) in [4.78, 5) is 24.1. The molecule has 0 aliphatic rings. The maximum Gasteiger partial charge on any atom is 0.255 e. The third-order valence-corrected chi connectivity index (χ3v) is 3.80. The van der Waals surface area contributed by atoms with Gasteiger partial charge in [0, 0.05) is 22.9 Å². The van der Waals surface area contributed by atoms with E-state index in [0.717, 1.165) is 12.8 Å². The number of carbonyl (C=O) groups is 2. The second-order valence-electron chi connectivity index (χ2n) is 6.41. The number of hydrogen-bond acceptors (Lipinski definition) is 3. The van der Waals surface area contributed by atoms with Gasteiger partial charge in [0.2, 0.25) is 5.91 Å². The number of amides is 2. The molecule has 2 aromatic carbocycles. The van der Waals surface area contributed by atoms with Gasteiger partial charge in [0.05, 0.1) is 6.61 Å². The Labute approximate surface area is 154 Å². The van der Waals surface area contributed by atoms with E-state index < -0.39 is 0 Å². The summed E-state index contributed by atoms with van der Waals surface area (Å²) in [5.41, 5.74) is 1.90. The second-order valence-corrected chi connectivity index (χ2v) is 6.41. The van der Waals surface area contributed by atoms with Gasteiger partial charge < -0.3 is 15.4 Å². The average Bonchev–Trinajstić information content (AvgIpc) is 2.63. The molecule has 0 bridgehead atoms. The lowest BCUT2D eigenvalue weighted by Gasteiger charge is -2.10. The highest BCUT2D eigenvalue weighted by molar-refractivity contribution is 6.04. The van der Waals surface area contributed by atoms with Crippen LogP contribution in [0.1, 0.15) is 44.0 Å². The molecule has 0 fully saturated rings. The molecule has 0 unspecified atom stereocenters. The first-order valence-electron chi connectivity index (χ1n) is 8.94. The zero-order chi connectivity index (χ0) is 18.9. The molecule has 0 atom stereocenters. The molecule has 0 aliphatic heterocycles. The van der Waals surface area contributed by atoms with Crippen LogP contribution in [-0.4, -0.2) is 18.4 Å². The zero-order valence-electron chi connectivity index (χ0n) is 15.5. The van der Waals surface area contributed by atoms with Crippen LogP contribution in [0.5, 0.6) is 5.75 Å². The summed E-state index contributed by atoms with van der Waals surface area (Å²) < 4.78 is 5.64. The Hall–Kier alpha value is -2.82. The second kappa shape index (κ2) is 9.61. The molecule has 0 aliphatic carbocycles. The molecule has 26 heavy (non-hydrogen) atoms. The average molecular weight is 354 g/mol. The highest BCUT2D eigenvalue weighted by Gasteiger charge is 2.09. The Morgan fingerprint density at radius 2 is 1.65 bits per heavy atom.